The molecule has 1 aromatic rings. The van der Waals surface area contributed by atoms with Crippen LogP contribution >= 0.6 is 27.7 Å². The molecule has 0 fully saturated rings. The van der Waals surface area contributed by atoms with Crippen molar-refractivity contribution in [3.8, 4) is 0 Å². The summed E-state index contributed by atoms with van der Waals surface area (Å²) in [6, 6.07) is 7.57. The molecule has 3 nitrogen and oxygen atoms in total. The van der Waals surface area contributed by atoms with Crippen molar-refractivity contribution in [3.63, 3.8) is 0 Å². The highest BCUT2D eigenvalue weighted by Crippen LogP contribution is 2.19. The third kappa shape index (κ3) is 5.89. The lowest BCUT2D eigenvalue weighted by molar-refractivity contribution is -0.115. The van der Waals surface area contributed by atoms with Crippen molar-refractivity contribution in [2.24, 2.45) is 0 Å². The Morgan fingerprint density at radius 2 is 2.17 bits per heavy atom. The minimum Gasteiger partial charge on any atom is -0.325 e. The van der Waals surface area contributed by atoms with Gasteiger partial charge in [-0.25, -0.2) is 0 Å². The van der Waals surface area contributed by atoms with Gasteiger partial charge in [0, 0.05) is 21.5 Å². The molecular formula is C13H19BrN2OS. The van der Waals surface area contributed by atoms with E-state index in [1.807, 2.05) is 24.3 Å². The number of hydrogen-bond acceptors (Lipinski definition) is 3. The molecule has 0 aromatic heterocycles. The average Bonchev–Trinajstić information content (AvgIpc) is 2.28. The second-order valence-electron chi connectivity index (χ2n) is 4.63. The molecule has 0 saturated carbocycles. The number of anilines is 1. The second kappa shape index (κ2) is 7.16. The summed E-state index contributed by atoms with van der Waals surface area (Å²) < 4.78 is 1.10. The third-order valence-corrected chi connectivity index (χ3v) is 4.24. The fourth-order valence-corrected chi connectivity index (χ4v) is 1.97. The van der Waals surface area contributed by atoms with Gasteiger partial charge in [0.05, 0.1) is 6.54 Å². The smallest absolute Gasteiger partial charge is 0.238 e. The van der Waals surface area contributed by atoms with E-state index in [2.05, 4.69) is 46.7 Å². The van der Waals surface area contributed by atoms with E-state index >= 15 is 0 Å². The molecule has 1 amide bonds. The van der Waals surface area contributed by atoms with Crippen LogP contribution in [0.15, 0.2) is 28.7 Å². The van der Waals surface area contributed by atoms with E-state index in [1.54, 1.807) is 11.8 Å². The normalized spacial score (nSPS) is 11.3. The SMILES string of the molecule is CSC(C)(C)CNCC(=O)Nc1cccc(Br)c1. The van der Waals surface area contributed by atoms with Crippen molar-refractivity contribution in [2.75, 3.05) is 24.7 Å². The number of nitrogens with one attached hydrogen (secondary N) is 2. The van der Waals surface area contributed by atoms with Crippen LogP contribution < -0.4 is 10.6 Å². The standard InChI is InChI=1S/C13H19BrN2OS/c1-13(2,18-3)9-15-8-12(17)16-11-6-4-5-10(14)7-11/h4-7,15H,8-9H2,1-3H3,(H,16,17). The Hall–Kier alpha value is -0.520. The van der Waals surface area contributed by atoms with Gasteiger partial charge in [-0.2, -0.15) is 11.8 Å². The zero-order chi connectivity index (χ0) is 13.6. The van der Waals surface area contributed by atoms with Gasteiger partial charge in [-0.1, -0.05) is 22.0 Å². The molecule has 0 aliphatic heterocycles. The predicted octanol–water partition coefficient (Wildman–Crippen LogP) is 3.12. The Morgan fingerprint density at radius 3 is 2.78 bits per heavy atom. The number of rotatable bonds is 6. The first-order chi connectivity index (χ1) is 8.43. The summed E-state index contributed by atoms with van der Waals surface area (Å²) in [6.07, 6.45) is 2.07. The van der Waals surface area contributed by atoms with E-state index in [-0.39, 0.29) is 10.7 Å². The van der Waals surface area contributed by atoms with E-state index in [0.29, 0.717) is 6.54 Å². The van der Waals surface area contributed by atoms with Crippen LogP contribution in [0.25, 0.3) is 0 Å². The Balaban J connectivity index is 2.34. The first-order valence-corrected chi connectivity index (χ1v) is 7.76. The summed E-state index contributed by atoms with van der Waals surface area (Å²) in [7, 11) is 0. The molecule has 0 saturated heterocycles. The Morgan fingerprint density at radius 1 is 1.44 bits per heavy atom. The van der Waals surface area contributed by atoms with Crippen molar-refractivity contribution >= 4 is 39.3 Å². The average molecular weight is 331 g/mol. The van der Waals surface area contributed by atoms with Gasteiger partial charge in [0.25, 0.3) is 0 Å². The lowest BCUT2D eigenvalue weighted by Gasteiger charge is -2.22. The minimum atomic E-state index is -0.0231. The summed E-state index contributed by atoms with van der Waals surface area (Å²) in [5.41, 5.74) is 0.806. The summed E-state index contributed by atoms with van der Waals surface area (Å²) in [5.74, 6) is -0.0231. The van der Waals surface area contributed by atoms with Gasteiger partial charge in [-0.05, 0) is 38.3 Å². The molecular weight excluding hydrogens is 312 g/mol. The molecule has 0 heterocycles. The van der Waals surface area contributed by atoms with Crippen molar-refractivity contribution in [1.82, 2.24) is 5.32 Å². The molecule has 0 radical (unpaired) electrons. The van der Waals surface area contributed by atoms with Crippen LogP contribution in [0.4, 0.5) is 5.69 Å². The number of carbonyl (C=O) groups is 1. The number of hydrogen-bond donors (Lipinski definition) is 2. The maximum absolute atomic E-state index is 11.7. The van der Waals surface area contributed by atoms with E-state index in [9.17, 15) is 4.79 Å². The van der Waals surface area contributed by atoms with Crippen LogP contribution in [-0.2, 0) is 4.79 Å². The monoisotopic (exact) mass is 330 g/mol. The maximum Gasteiger partial charge on any atom is 0.238 e. The molecule has 0 unspecified atom stereocenters. The summed E-state index contributed by atoms with van der Waals surface area (Å²) >= 11 is 5.15. The Bertz CT molecular complexity index is 410. The molecule has 0 aliphatic rings. The number of thioether (sulfide) groups is 1. The summed E-state index contributed by atoms with van der Waals surface area (Å²) in [5, 5.41) is 6.02. The Labute approximate surface area is 121 Å². The first-order valence-electron chi connectivity index (χ1n) is 5.74. The van der Waals surface area contributed by atoms with Gasteiger partial charge in [0.2, 0.25) is 5.91 Å². The minimum absolute atomic E-state index is 0.0231. The first kappa shape index (κ1) is 15.5. The zero-order valence-electron chi connectivity index (χ0n) is 10.9. The third-order valence-electron chi connectivity index (χ3n) is 2.50. The number of amides is 1. The number of benzene rings is 1. The molecule has 1 aromatic carbocycles. The fourth-order valence-electron chi connectivity index (χ4n) is 1.32. The van der Waals surface area contributed by atoms with Gasteiger partial charge in [0.1, 0.15) is 0 Å². The van der Waals surface area contributed by atoms with Gasteiger partial charge < -0.3 is 10.6 Å². The topological polar surface area (TPSA) is 41.1 Å². The van der Waals surface area contributed by atoms with E-state index in [0.717, 1.165) is 16.7 Å². The highest BCUT2D eigenvalue weighted by Gasteiger charge is 2.15. The lowest BCUT2D eigenvalue weighted by Crippen LogP contribution is -2.37. The summed E-state index contributed by atoms with van der Waals surface area (Å²) in [4.78, 5) is 11.7. The molecule has 0 spiro atoms. The van der Waals surface area contributed by atoms with Crippen molar-refractivity contribution < 1.29 is 4.79 Å². The summed E-state index contributed by atoms with van der Waals surface area (Å²) in [6.45, 7) is 5.43. The van der Waals surface area contributed by atoms with Crippen molar-refractivity contribution in [2.45, 2.75) is 18.6 Å². The van der Waals surface area contributed by atoms with E-state index in [1.165, 1.54) is 0 Å². The van der Waals surface area contributed by atoms with Crippen LogP contribution in [0, 0.1) is 0 Å². The number of halogens is 1. The molecule has 100 valence electrons. The van der Waals surface area contributed by atoms with Crippen LogP contribution in [-0.4, -0.2) is 30.0 Å². The molecule has 0 bridgehead atoms. The highest BCUT2D eigenvalue weighted by molar-refractivity contribution is 9.10. The van der Waals surface area contributed by atoms with Crippen molar-refractivity contribution in [1.29, 1.82) is 0 Å². The maximum atomic E-state index is 11.7. The van der Waals surface area contributed by atoms with Crippen molar-refractivity contribution in [3.05, 3.63) is 28.7 Å². The van der Waals surface area contributed by atoms with Crippen LogP contribution in [0.1, 0.15) is 13.8 Å². The quantitative estimate of drug-likeness (QED) is 0.842. The Kier molecular flexibility index (Phi) is 6.18. The molecule has 0 aliphatic carbocycles. The largest absolute Gasteiger partial charge is 0.325 e. The van der Waals surface area contributed by atoms with Gasteiger partial charge >= 0.3 is 0 Å². The van der Waals surface area contributed by atoms with Gasteiger partial charge in [-0.3, -0.25) is 4.79 Å². The fraction of sp³-hybridized carbons (Fsp3) is 0.462. The van der Waals surface area contributed by atoms with E-state index < -0.39 is 0 Å². The van der Waals surface area contributed by atoms with Gasteiger partial charge in [0.15, 0.2) is 0 Å². The van der Waals surface area contributed by atoms with E-state index in [4.69, 9.17) is 0 Å². The van der Waals surface area contributed by atoms with Crippen LogP contribution in [0.3, 0.4) is 0 Å². The molecule has 18 heavy (non-hydrogen) atoms. The molecule has 5 heteroatoms. The molecule has 1 rings (SSSR count). The van der Waals surface area contributed by atoms with Gasteiger partial charge in [-0.15, -0.1) is 0 Å². The second-order valence-corrected chi connectivity index (χ2v) is 7.05. The van der Waals surface area contributed by atoms with Crippen LogP contribution in [0.2, 0.25) is 0 Å². The molecule has 0 atom stereocenters. The zero-order valence-corrected chi connectivity index (χ0v) is 13.3. The predicted molar refractivity (Wildman–Crippen MR) is 83.2 cm³/mol. The molecule has 2 N–H and O–H groups in total. The highest BCUT2D eigenvalue weighted by atomic mass is 79.9. The number of carbonyl (C=O) groups excluding carboxylic acids is 1. The lowest BCUT2D eigenvalue weighted by atomic mass is 10.2. The van der Waals surface area contributed by atoms with Crippen LogP contribution in [0.5, 0.6) is 0 Å².